The Morgan fingerprint density at radius 1 is 1.48 bits per heavy atom. The maximum absolute atomic E-state index is 4.70. The minimum absolute atomic E-state index is 0. The van der Waals surface area contributed by atoms with Crippen LogP contribution < -0.4 is 10.6 Å². The van der Waals surface area contributed by atoms with E-state index in [1.165, 1.54) is 24.1 Å². The molecule has 2 unspecified atom stereocenters. The van der Waals surface area contributed by atoms with Gasteiger partial charge in [-0.25, -0.2) is 0 Å². The van der Waals surface area contributed by atoms with Crippen LogP contribution in [0.3, 0.4) is 0 Å². The number of thiophene rings is 1. The summed E-state index contributed by atoms with van der Waals surface area (Å²) in [4.78, 5) is 6.11. The van der Waals surface area contributed by atoms with Gasteiger partial charge in [-0.3, -0.25) is 4.99 Å². The van der Waals surface area contributed by atoms with Gasteiger partial charge in [-0.1, -0.05) is 6.07 Å². The van der Waals surface area contributed by atoms with Gasteiger partial charge >= 0.3 is 0 Å². The van der Waals surface area contributed by atoms with Gasteiger partial charge in [-0.05, 0) is 43.9 Å². The second-order valence-corrected chi connectivity index (χ2v) is 7.27. The van der Waals surface area contributed by atoms with Crippen molar-refractivity contribution in [2.45, 2.75) is 43.9 Å². The van der Waals surface area contributed by atoms with Gasteiger partial charge in [-0.15, -0.1) is 35.3 Å². The Bertz CT molecular complexity index is 409. The molecule has 1 saturated carbocycles. The Morgan fingerprint density at radius 2 is 2.33 bits per heavy atom. The average molecular weight is 439 g/mol. The number of rotatable bonds is 6. The molecule has 21 heavy (non-hydrogen) atoms. The zero-order chi connectivity index (χ0) is 14.2. The number of thioether (sulfide) groups is 1. The van der Waals surface area contributed by atoms with E-state index in [9.17, 15) is 0 Å². The Hall–Kier alpha value is 0.0500. The fourth-order valence-corrected chi connectivity index (χ4v) is 4.03. The Balaban J connectivity index is 0.00000220. The Labute approximate surface area is 153 Å². The summed E-state index contributed by atoms with van der Waals surface area (Å²) < 4.78 is 0. The third-order valence-corrected chi connectivity index (χ3v) is 5.64. The van der Waals surface area contributed by atoms with Gasteiger partial charge in [0, 0.05) is 35.7 Å². The number of nitrogens with zero attached hydrogens (tertiary/aromatic N) is 1. The number of hydrogen-bond donors (Lipinski definition) is 2. The van der Waals surface area contributed by atoms with E-state index in [0.29, 0.717) is 6.04 Å². The van der Waals surface area contributed by atoms with Gasteiger partial charge in [0.2, 0.25) is 0 Å². The number of aliphatic imine (C=N–C) groups is 1. The van der Waals surface area contributed by atoms with Crippen molar-refractivity contribution in [3.05, 3.63) is 22.4 Å². The van der Waals surface area contributed by atoms with Crippen LogP contribution in [0.25, 0.3) is 0 Å². The molecule has 1 aromatic heterocycles. The molecule has 0 radical (unpaired) electrons. The van der Waals surface area contributed by atoms with Crippen molar-refractivity contribution in [1.82, 2.24) is 10.6 Å². The smallest absolute Gasteiger partial charge is 0.191 e. The van der Waals surface area contributed by atoms with Crippen LogP contribution in [0.5, 0.6) is 0 Å². The Kier molecular flexibility index (Phi) is 9.75. The fraction of sp³-hybridized carbons (Fsp3) is 0.667. The van der Waals surface area contributed by atoms with Gasteiger partial charge < -0.3 is 10.6 Å². The number of hydrogen-bond acceptors (Lipinski definition) is 3. The quantitative estimate of drug-likeness (QED) is 0.403. The van der Waals surface area contributed by atoms with Crippen molar-refractivity contribution in [2.24, 2.45) is 4.99 Å². The van der Waals surface area contributed by atoms with Crippen LogP contribution in [0.1, 0.15) is 31.1 Å². The van der Waals surface area contributed by atoms with Gasteiger partial charge in [-0.2, -0.15) is 11.8 Å². The first-order chi connectivity index (χ1) is 9.81. The monoisotopic (exact) mass is 439 g/mol. The minimum atomic E-state index is 0. The highest BCUT2D eigenvalue weighted by atomic mass is 127. The zero-order valence-corrected chi connectivity index (χ0v) is 16.8. The lowest BCUT2D eigenvalue weighted by atomic mass is 10.2. The molecular weight excluding hydrogens is 413 g/mol. The lowest BCUT2D eigenvalue weighted by Gasteiger charge is -2.17. The summed E-state index contributed by atoms with van der Waals surface area (Å²) in [7, 11) is 0. The van der Waals surface area contributed by atoms with E-state index < -0.39 is 0 Å². The summed E-state index contributed by atoms with van der Waals surface area (Å²) in [6.07, 6.45) is 7.10. The molecule has 2 atom stereocenters. The van der Waals surface area contributed by atoms with E-state index in [0.717, 1.165) is 30.7 Å². The molecule has 2 rings (SSSR count). The number of halogens is 1. The first kappa shape index (κ1) is 19.1. The molecule has 3 nitrogen and oxygen atoms in total. The molecule has 1 aromatic rings. The van der Waals surface area contributed by atoms with Crippen LogP contribution in [0.4, 0.5) is 0 Å². The Morgan fingerprint density at radius 3 is 2.95 bits per heavy atom. The number of nitrogens with one attached hydrogen (secondary N) is 2. The van der Waals surface area contributed by atoms with Crippen LogP contribution in [0.2, 0.25) is 0 Å². The van der Waals surface area contributed by atoms with E-state index in [1.54, 1.807) is 0 Å². The lowest BCUT2D eigenvalue weighted by molar-refractivity contribution is 0.615. The number of guanidine groups is 1. The SMILES string of the molecule is CCNC(=NCCc1cccs1)NC1CCC(SC)C1.I. The molecule has 0 amide bonds. The van der Waals surface area contributed by atoms with E-state index >= 15 is 0 Å². The molecule has 1 heterocycles. The highest BCUT2D eigenvalue weighted by Crippen LogP contribution is 2.27. The van der Waals surface area contributed by atoms with Crippen molar-refractivity contribution in [3.63, 3.8) is 0 Å². The summed E-state index contributed by atoms with van der Waals surface area (Å²) in [5, 5.41) is 9.90. The molecule has 0 aliphatic heterocycles. The highest BCUT2D eigenvalue weighted by Gasteiger charge is 2.24. The summed E-state index contributed by atoms with van der Waals surface area (Å²) in [6, 6.07) is 4.88. The average Bonchev–Trinajstić information content (AvgIpc) is 3.10. The van der Waals surface area contributed by atoms with Crippen molar-refractivity contribution < 1.29 is 0 Å². The predicted octanol–water partition coefficient (Wildman–Crippen LogP) is 3.75. The van der Waals surface area contributed by atoms with Gasteiger partial charge in [0.15, 0.2) is 5.96 Å². The van der Waals surface area contributed by atoms with Crippen LogP contribution in [-0.4, -0.2) is 36.6 Å². The summed E-state index contributed by atoms with van der Waals surface area (Å²) >= 11 is 3.81. The molecule has 0 saturated heterocycles. The predicted molar refractivity (Wildman–Crippen MR) is 107 cm³/mol. The van der Waals surface area contributed by atoms with E-state index in [-0.39, 0.29) is 24.0 Å². The normalized spacial score (nSPS) is 21.9. The standard InChI is InChI=1S/C15H25N3S2.HI/c1-3-16-15(17-9-8-13-5-4-10-20-13)18-12-6-7-14(11-12)19-2;/h4-5,10,12,14H,3,6-9,11H2,1-2H3,(H2,16,17,18);1H. The molecule has 0 spiro atoms. The topological polar surface area (TPSA) is 36.4 Å². The minimum Gasteiger partial charge on any atom is -0.357 e. The summed E-state index contributed by atoms with van der Waals surface area (Å²) in [5.74, 6) is 0.982. The van der Waals surface area contributed by atoms with Crippen molar-refractivity contribution in [3.8, 4) is 0 Å². The van der Waals surface area contributed by atoms with E-state index in [1.807, 2.05) is 23.1 Å². The third kappa shape index (κ3) is 6.78. The van der Waals surface area contributed by atoms with Crippen molar-refractivity contribution in [2.75, 3.05) is 19.3 Å². The van der Waals surface area contributed by atoms with E-state index in [2.05, 4.69) is 41.3 Å². The molecule has 6 heteroatoms. The van der Waals surface area contributed by atoms with Gasteiger partial charge in [0.05, 0.1) is 0 Å². The molecule has 0 bridgehead atoms. The van der Waals surface area contributed by atoms with Crippen LogP contribution in [-0.2, 0) is 6.42 Å². The first-order valence-corrected chi connectivity index (χ1v) is 9.58. The lowest BCUT2D eigenvalue weighted by Crippen LogP contribution is -2.42. The molecular formula is C15H26IN3S2. The van der Waals surface area contributed by atoms with Crippen molar-refractivity contribution in [1.29, 1.82) is 0 Å². The maximum atomic E-state index is 4.70. The third-order valence-electron chi connectivity index (χ3n) is 3.61. The van der Waals surface area contributed by atoms with Crippen LogP contribution in [0.15, 0.2) is 22.5 Å². The maximum Gasteiger partial charge on any atom is 0.191 e. The largest absolute Gasteiger partial charge is 0.357 e. The van der Waals surface area contributed by atoms with Gasteiger partial charge in [0.1, 0.15) is 0 Å². The molecule has 2 N–H and O–H groups in total. The van der Waals surface area contributed by atoms with Crippen LogP contribution >= 0.6 is 47.1 Å². The summed E-state index contributed by atoms with van der Waals surface area (Å²) in [5.41, 5.74) is 0. The van der Waals surface area contributed by atoms with Gasteiger partial charge in [0.25, 0.3) is 0 Å². The summed E-state index contributed by atoms with van der Waals surface area (Å²) in [6.45, 7) is 3.90. The second kappa shape index (κ2) is 10.7. The first-order valence-electron chi connectivity index (χ1n) is 7.41. The second-order valence-electron chi connectivity index (χ2n) is 5.10. The van der Waals surface area contributed by atoms with E-state index in [4.69, 9.17) is 4.99 Å². The molecule has 1 fully saturated rings. The molecule has 0 aromatic carbocycles. The zero-order valence-electron chi connectivity index (χ0n) is 12.8. The molecule has 1 aliphatic carbocycles. The highest BCUT2D eigenvalue weighted by molar-refractivity contribution is 14.0. The van der Waals surface area contributed by atoms with Crippen molar-refractivity contribution >= 4 is 53.0 Å². The molecule has 1 aliphatic rings. The fourth-order valence-electron chi connectivity index (χ4n) is 2.53. The van der Waals surface area contributed by atoms with Crippen LogP contribution in [0, 0.1) is 0 Å². The molecule has 120 valence electrons.